The van der Waals surface area contributed by atoms with Gasteiger partial charge in [-0.3, -0.25) is 4.79 Å². The van der Waals surface area contributed by atoms with Gasteiger partial charge in [-0.2, -0.15) is 5.10 Å². The lowest BCUT2D eigenvalue weighted by molar-refractivity contribution is 0.0711. The van der Waals surface area contributed by atoms with Crippen molar-refractivity contribution >= 4 is 45.7 Å². The molecular formula is C27H21Cl2N3O2. The van der Waals surface area contributed by atoms with E-state index in [1.807, 2.05) is 55.5 Å². The van der Waals surface area contributed by atoms with Gasteiger partial charge in [-0.25, -0.2) is 9.99 Å². The van der Waals surface area contributed by atoms with Crippen LogP contribution in [-0.2, 0) is 0 Å². The Morgan fingerprint density at radius 2 is 1.79 bits per heavy atom. The average Bonchev–Trinajstić information content (AvgIpc) is 3.28. The molecule has 4 aromatic rings. The van der Waals surface area contributed by atoms with Crippen LogP contribution in [-0.4, -0.2) is 28.7 Å². The number of benzene rings is 3. The molecule has 1 aliphatic rings. The Morgan fingerprint density at radius 3 is 2.53 bits per heavy atom. The molecule has 0 N–H and O–H groups in total. The molecule has 34 heavy (non-hydrogen) atoms. The lowest BCUT2D eigenvalue weighted by atomic mass is 9.97. The number of hydrogen-bond acceptors (Lipinski definition) is 4. The minimum absolute atomic E-state index is 0.288. The molecular weight excluding hydrogens is 469 g/mol. The van der Waals surface area contributed by atoms with Crippen LogP contribution in [0.5, 0.6) is 5.75 Å². The summed E-state index contributed by atoms with van der Waals surface area (Å²) >= 11 is 13.0. The molecule has 0 unspecified atom stereocenters. The molecule has 5 rings (SSSR count). The van der Waals surface area contributed by atoms with Crippen LogP contribution in [0.2, 0.25) is 10.2 Å². The van der Waals surface area contributed by atoms with E-state index in [4.69, 9.17) is 33.0 Å². The topological polar surface area (TPSA) is 54.8 Å². The lowest BCUT2D eigenvalue weighted by Gasteiger charge is -2.23. The van der Waals surface area contributed by atoms with Crippen molar-refractivity contribution < 1.29 is 9.53 Å². The first-order chi connectivity index (χ1) is 16.4. The number of aryl methyl sites for hydroxylation is 1. The molecule has 1 amide bonds. The van der Waals surface area contributed by atoms with Crippen molar-refractivity contribution in [3.05, 3.63) is 105 Å². The first-order valence-electron chi connectivity index (χ1n) is 10.8. The number of pyridine rings is 1. The minimum atomic E-state index is -0.424. The molecule has 2 heterocycles. The van der Waals surface area contributed by atoms with Gasteiger partial charge in [0.2, 0.25) is 0 Å². The Morgan fingerprint density at radius 1 is 1.03 bits per heavy atom. The Labute approximate surface area is 207 Å². The van der Waals surface area contributed by atoms with E-state index in [2.05, 4.69) is 4.98 Å². The summed E-state index contributed by atoms with van der Waals surface area (Å²) in [5.41, 5.74) is 4.74. The van der Waals surface area contributed by atoms with Gasteiger partial charge in [-0.05, 0) is 42.8 Å². The van der Waals surface area contributed by atoms with E-state index >= 15 is 0 Å². The molecule has 0 saturated carbocycles. The molecule has 0 spiro atoms. The highest BCUT2D eigenvalue weighted by atomic mass is 35.5. The first-order valence-corrected chi connectivity index (χ1v) is 11.6. The zero-order valence-electron chi connectivity index (χ0n) is 18.6. The van der Waals surface area contributed by atoms with Crippen LogP contribution < -0.4 is 4.74 Å². The van der Waals surface area contributed by atoms with Crippen LogP contribution in [0.1, 0.15) is 39.5 Å². The number of carbonyl (C=O) groups is 1. The maximum Gasteiger partial charge on any atom is 0.276 e. The number of carbonyl (C=O) groups excluding carboxylic acids is 1. The second kappa shape index (κ2) is 9.09. The van der Waals surface area contributed by atoms with Crippen molar-refractivity contribution in [2.75, 3.05) is 7.11 Å². The van der Waals surface area contributed by atoms with Crippen LogP contribution in [0.3, 0.4) is 0 Å². The van der Waals surface area contributed by atoms with Crippen LogP contribution in [0.15, 0.2) is 77.9 Å². The molecule has 0 aliphatic carbocycles. The molecule has 170 valence electrons. The summed E-state index contributed by atoms with van der Waals surface area (Å²) in [6.07, 6.45) is 0.502. The van der Waals surface area contributed by atoms with E-state index < -0.39 is 6.04 Å². The number of aromatic nitrogens is 1. The van der Waals surface area contributed by atoms with Crippen molar-refractivity contribution in [3.63, 3.8) is 0 Å². The molecule has 1 aliphatic heterocycles. The summed E-state index contributed by atoms with van der Waals surface area (Å²) in [7, 11) is 1.61. The van der Waals surface area contributed by atoms with Gasteiger partial charge in [0.1, 0.15) is 10.9 Å². The second-order valence-electron chi connectivity index (χ2n) is 8.19. The molecule has 1 atom stereocenters. The first kappa shape index (κ1) is 22.4. The van der Waals surface area contributed by atoms with E-state index in [1.165, 1.54) is 5.01 Å². The number of hydrogen-bond donors (Lipinski definition) is 0. The zero-order valence-corrected chi connectivity index (χ0v) is 20.1. The average molecular weight is 490 g/mol. The summed E-state index contributed by atoms with van der Waals surface area (Å²) in [6.45, 7) is 2.03. The van der Waals surface area contributed by atoms with Crippen LogP contribution in [0, 0.1) is 6.92 Å². The third-order valence-corrected chi connectivity index (χ3v) is 6.60. The number of fused-ring (bicyclic) bond motifs is 1. The second-order valence-corrected chi connectivity index (χ2v) is 8.95. The number of halogens is 2. The molecule has 0 radical (unpaired) electrons. The Hall–Kier alpha value is -3.41. The number of nitrogens with zero attached hydrogens (tertiary/aromatic N) is 3. The fourth-order valence-corrected chi connectivity index (χ4v) is 4.61. The normalized spacial score (nSPS) is 15.5. The van der Waals surface area contributed by atoms with Gasteiger partial charge in [0.15, 0.2) is 0 Å². The van der Waals surface area contributed by atoms with E-state index in [0.29, 0.717) is 27.9 Å². The predicted molar refractivity (Wildman–Crippen MR) is 136 cm³/mol. The highest BCUT2D eigenvalue weighted by molar-refractivity contribution is 6.34. The van der Waals surface area contributed by atoms with E-state index in [1.54, 1.807) is 31.4 Å². The number of ether oxygens (including phenoxy) is 1. The van der Waals surface area contributed by atoms with Crippen molar-refractivity contribution in [2.45, 2.75) is 19.4 Å². The number of methoxy groups -OCH3 is 1. The van der Waals surface area contributed by atoms with E-state index in [9.17, 15) is 4.79 Å². The van der Waals surface area contributed by atoms with Gasteiger partial charge in [-0.1, -0.05) is 65.2 Å². The molecule has 3 aromatic carbocycles. The Bertz CT molecular complexity index is 1430. The quantitative estimate of drug-likeness (QED) is 0.294. The van der Waals surface area contributed by atoms with Gasteiger partial charge in [0.05, 0.1) is 35.0 Å². The van der Waals surface area contributed by atoms with Crippen LogP contribution >= 0.6 is 23.2 Å². The lowest BCUT2D eigenvalue weighted by Crippen LogP contribution is -2.27. The summed E-state index contributed by atoms with van der Waals surface area (Å²) in [4.78, 5) is 18.2. The van der Waals surface area contributed by atoms with Crippen molar-refractivity contribution in [3.8, 4) is 5.75 Å². The predicted octanol–water partition coefficient (Wildman–Crippen LogP) is 6.85. The van der Waals surface area contributed by atoms with Crippen molar-refractivity contribution in [2.24, 2.45) is 5.10 Å². The third kappa shape index (κ3) is 4.13. The van der Waals surface area contributed by atoms with Crippen LogP contribution in [0.25, 0.3) is 10.9 Å². The molecule has 5 nitrogen and oxygen atoms in total. The summed E-state index contributed by atoms with van der Waals surface area (Å²) in [5, 5.41) is 7.82. The fraction of sp³-hybridized carbons (Fsp3) is 0.148. The number of amides is 1. The van der Waals surface area contributed by atoms with Gasteiger partial charge < -0.3 is 4.74 Å². The van der Waals surface area contributed by atoms with E-state index in [-0.39, 0.29) is 5.91 Å². The standard InChI is InChI=1S/C27H21Cl2N3O2/c1-16-7-9-17(10-8-16)24-15-25(32(31-24)27(33)20-5-3-4-6-22(20)28)21-13-18-11-12-19(34-2)14-23(18)30-26(21)29/h3-14,25H,15H2,1-2H3/t25-/m1/s1. The summed E-state index contributed by atoms with van der Waals surface area (Å²) in [6, 6.07) is 22.2. The van der Waals surface area contributed by atoms with Gasteiger partial charge in [0.25, 0.3) is 5.91 Å². The van der Waals surface area contributed by atoms with Crippen molar-refractivity contribution in [1.29, 1.82) is 0 Å². The fourth-order valence-electron chi connectivity index (χ4n) is 4.12. The number of rotatable bonds is 4. The van der Waals surface area contributed by atoms with Crippen LogP contribution in [0.4, 0.5) is 0 Å². The molecule has 0 saturated heterocycles. The maximum atomic E-state index is 13.6. The third-order valence-electron chi connectivity index (χ3n) is 5.97. The Kier molecular flexibility index (Phi) is 5.98. The minimum Gasteiger partial charge on any atom is -0.497 e. The molecule has 7 heteroatoms. The highest BCUT2D eigenvalue weighted by Crippen LogP contribution is 2.39. The number of hydrazone groups is 1. The molecule has 0 bridgehead atoms. The highest BCUT2D eigenvalue weighted by Gasteiger charge is 2.36. The Balaban J connectivity index is 1.61. The smallest absolute Gasteiger partial charge is 0.276 e. The summed E-state index contributed by atoms with van der Waals surface area (Å²) in [5.74, 6) is 0.411. The van der Waals surface area contributed by atoms with Gasteiger partial charge >= 0.3 is 0 Å². The van der Waals surface area contributed by atoms with E-state index in [0.717, 1.165) is 33.3 Å². The maximum absolute atomic E-state index is 13.6. The van der Waals surface area contributed by atoms with Crippen molar-refractivity contribution in [1.82, 2.24) is 9.99 Å². The van der Waals surface area contributed by atoms with Gasteiger partial charge in [0, 0.05) is 23.4 Å². The SMILES string of the molecule is COc1ccc2cc([C@H]3CC(c4ccc(C)cc4)=NN3C(=O)c3ccccc3Cl)c(Cl)nc2c1. The van der Waals surface area contributed by atoms with Gasteiger partial charge in [-0.15, -0.1) is 0 Å². The molecule has 1 aromatic heterocycles. The summed E-state index contributed by atoms with van der Waals surface area (Å²) < 4.78 is 5.31. The molecule has 0 fully saturated rings. The monoisotopic (exact) mass is 489 g/mol. The zero-order chi connectivity index (χ0) is 23.8. The largest absolute Gasteiger partial charge is 0.497 e.